The van der Waals surface area contributed by atoms with E-state index in [9.17, 15) is 21.6 Å². The Labute approximate surface area is 245 Å². The van der Waals surface area contributed by atoms with E-state index < -0.39 is 34.7 Å². The fraction of sp³-hybridized carbons (Fsp3) is 0.250. The molecule has 41 heavy (non-hydrogen) atoms. The fourth-order valence-corrected chi connectivity index (χ4v) is 7.36. The number of aromatic nitrogens is 4. The third-order valence-electron chi connectivity index (χ3n) is 6.44. The van der Waals surface area contributed by atoms with Gasteiger partial charge in [-0.25, -0.2) is 19.0 Å². The predicted molar refractivity (Wildman–Crippen MR) is 149 cm³/mol. The zero-order chi connectivity index (χ0) is 28.7. The van der Waals surface area contributed by atoms with Gasteiger partial charge in [-0.2, -0.15) is 31.7 Å². The van der Waals surface area contributed by atoms with Crippen LogP contribution in [0.2, 0.25) is 5.02 Å². The van der Waals surface area contributed by atoms with Crippen molar-refractivity contribution in [2.75, 3.05) is 6.54 Å². The summed E-state index contributed by atoms with van der Waals surface area (Å²) in [6.07, 6.45) is 4.54. The van der Waals surface area contributed by atoms with Gasteiger partial charge in [0.2, 0.25) is 0 Å². The average molecular weight is 641 g/mol. The van der Waals surface area contributed by atoms with Crippen molar-refractivity contribution >= 4 is 55.9 Å². The summed E-state index contributed by atoms with van der Waals surface area (Å²) in [5.41, 5.74) is 1.71. The van der Waals surface area contributed by atoms with Crippen LogP contribution in [-0.2, 0) is 16.8 Å². The van der Waals surface area contributed by atoms with Crippen LogP contribution in [0.3, 0.4) is 0 Å². The molecule has 1 fully saturated rings. The quantitative estimate of drug-likeness (QED) is 0.276. The van der Waals surface area contributed by atoms with Crippen molar-refractivity contribution in [2.45, 2.75) is 31.6 Å². The van der Waals surface area contributed by atoms with Gasteiger partial charge in [0, 0.05) is 70.2 Å². The molecule has 2 N–H and O–H groups in total. The number of alkyl halides is 2. The number of rotatable bonds is 9. The Morgan fingerprint density at radius 1 is 1.15 bits per heavy atom. The fourth-order valence-electron chi connectivity index (χ4n) is 4.79. The number of fused-ring (bicyclic) bond motifs is 1. The molecule has 2 aliphatic rings. The molecule has 0 unspecified atom stereocenters. The number of nitrogens with zero attached hydrogens (tertiary/aromatic N) is 6. The van der Waals surface area contributed by atoms with Crippen LogP contribution < -0.4 is 9.44 Å². The number of aliphatic imine (C=N–C) groups is 1. The lowest BCUT2D eigenvalue weighted by Crippen LogP contribution is -2.44. The second-order valence-corrected chi connectivity index (χ2v) is 12.9. The molecule has 1 saturated heterocycles. The van der Waals surface area contributed by atoms with Crippen LogP contribution in [-0.4, -0.2) is 51.5 Å². The second-order valence-electron chi connectivity index (χ2n) is 9.06. The van der Waals surface area contributed by atoms with Gasteiger partial charge in [0.1, 0.15) is 16.9 Å². The monoisotopic (exact) mass is 640 g/mol. The van der Waals surface area contributed by atoms with Gasteiger partial charge in [-0.1, -0.05) is 17.7 Å². The molecule has 17 heteroatoms. The highest BCUT2D eigenvalue weighted by atomic mass is 35.5. The van der Waals surface area contributed by atoms with E-state index in [2.05, 4.69) is 24.5 Å². The normalized spacial score (nSPS) is 19.2. The van der Waals surface area contributed by atoms with Gasteiger partial charge in [0.15, 0.2) is 10.8 Å². The van der Waals surface area contributed by atoms with E-state index >= 15 is 0 Å². The summed E-state index contributed by atoms with van der Waals surface area (Å²) in [6.45, 7) is -2.66. The van der Waals surface area contributed by atoms with E-state index in [1.165, 1.54) is 40.9 Å². The first-order chi connectivity index (χ1) is 19.7. The Morgan fingerprint density at radius 3 is 2.63 bits per heavy atom. The minimum atomic E-state index is -3.94. The number of amidine groups is 1. The average Bonchev–Trinajstić information content (AvgIpc) is 3.73. The van der Waals surface area contributed by atoms with Crippen molar-refractivity contribution in [3.63, 3.8) is 0 Å². The van der Waals surface area contributed by atoms with Crippen LogP contribution >= 0.6 is 34.3 Å². The van der Waals surface area contributed by atoms with Crippen molar-refractivity contribution in [1.82, 2.24) is 34.1 Å². The Kier molecular flexibility index (Phi) is 7.69. The van der Waals surface area contributed by atoms with E-state index in [1.807, 2.05) is 4.90 Å². The molecular formula is C24H20ClF3N8O2S3. The third-order valence-corrected chi connectivity index (χ3v) is 9.49. The van der Waals surface area contributed by atoms with Crippen LogP contribution in [0.25, 0.3) is 5.57 Å². The van der Waals surface area contributed by atoms with Gasteiger partial charge in [-0.3, -0.25) is 4.99 Å². The maximum atomic E-state index is 14.0. The Morgan fingerprint density at radius 2 is 1.95 bits per heavy atom. The summed E-state index contributed by atoms with van der Waals surface area (Å²) in [4.78, 5) is 15.2. The van der Waals surface area contributed by atoms with Crippen molar-refractivity contribution in [3.05, 3.63) is 91.4 Å². The molecular weight excluding hydrogens is 621 g/mol. The molecule has 2 atom stereocenters. The molecule has 3 aromatic heterocycles. The lowest BCUT2D eigenvalue weighted by Gasteiger charge is -2.32. The van der Waals surface area contributed by atoms with Crippen molar-refractivity contribution in [1.29, 1.82) is 0 Å². The maximum Gasteiger partial charge on any atom is 0.333 e. The SMILES string of the molecule is O=S(=O)(NCc1nccs1)N[C@H]1CC2=C(c3ccn(C(F)F)n3)[C@H](c3ccc(F)cc3Cl)N=C(c3nccs3)N2C1. The van der Waals surface area contributed by atoms with Gasteiger partial charge in [-0.05, 0) is 18.2 Å². The topological polar surface area (TPSA) is 117 Å². The summed E-state index contributed by atoms with van der Waals surface area (Å²) in [7, 11) is -3.94. The van der Waals surface area contributed by atoms with Gasteiger partial charge in [-0.15, -0.1) is 22.7 Å². The highest BCUT2D eigenvalue weighted by molar-refractivity contribution is 7.87. The number of thiazole rings is 2. The summed E-state index contributed by atoms with van der Waals surface area (Å²) in [6, 6.07) is 3.86. The van der Waals surface area contributed by atoms with Gasteiger partial charge < -0.3 is 4.90 Å². The zero-order valence-electron chi connectivity index (χ0n) is 20.8. The number of hydrogen-bond acceptors (Lipinski definition) is 9. The van der Waals surface area contributed by atoms with E-state index in [-0.39, 0.29) is 30.2 Å². The number of halogens is 4. The molecule has 0 radical (unpaired) electrons. The second kappa shape index (κ2) is 11.3. The Hall–Kier alpha value is -3.15. The maximum absolute atomic E-state index is 14.0. The molecule has 10 nitrogen and oxygen atoms in total. The molecule has 214 valence electrons. The number of nitrogens with one attached hydrogen (secondary N) is 2. The number of hydrogen-bond donors (Lipinski definition) is 2. The van der Waals surface area contributed by atoms with E-state index in [0.717, 1.165) is 12.3 Å². The molecule has 0 saturated carbocycles. The molecule has 4 aromatic rings. The largest absolute Gasteiger partial charge is 0.333 e. The molecule has 0 bridgehead atoms. The standard InChI is InChI=1S/C24H20ClF3N8O2S3/c25-16-9-13(26)1-2-15(16)21-20(17-3-6-36(33-17)24(27)28)18-10-14(12-35(18)22(32-21)23-30-5-8-40-23)34-41(37,38)31-11-19-29-4-7-39-19/h1-9,14,21,24,31,34H,10-12H2/t14-,21-/m0/s1. The third kappa shape index (κ3) is 5.80. The molecule has 1 aromatic carbocycles. The predicted octanol–water partition coefficient (Wildman–Crippen LogP) is 4.60. The van der Waals surface area contributed by atoms with E-state index in [1.54, 1.807) is 23.2 Å². The first-order valence-electron chi connectivity index (χ1n) is 12.1. The highest BCUT2D eigenvalue weighted by Crippen LogP contribution is 2.46. The lowest BCUT2D eigenvalue weighted by atomic mass is 9.92. The van der Waals surface area contributed by atoms with Crippen LogP contribution in [0.5, 0.6) is 0 Å². The minimum absolute atomic E-state index is 0.0272. The van der Waals surface area contributed by atoms with Crippen molar-refractivity contribution < 1.29 is 21.6 Å². The van der Waals surface area contributed by atoms with Gasteiger partial charge in [0.25, 0.3) is 10.2 Å². The first kappa shape index (κ1) is 28.0. The van der Waals surface area contributed by atoms with E-state index in [4.69, 9.17) is 16.6 Å². The molecule has 5 heterocycles. The summed E-state index contributed by atoms with van der Waals surface area (Å²) in [5.74, 6) is -0.0908. The highest BCUT2D eigenvalue weighted by Gasteiger charge is 2.42. The minimum Gasteiger partial charge on any atom is -0.326 e. The van der Waals surface area contributed by atoms with Crippen LogP contribution in [0.1, 0.15) is 40.3 Å². The molecule has 0 amide bonds. The number of benzene rings is 1. The molecule has 6 rings (SSSR count). The van der Waals surface area contributed by atoms with Crippen LogP contribution in [0.15, 0.2) is 64.3 Å². The molecule has 0 spiro atoms. The van der Waals surface area contributed by atoms with Crippen molar-refractivity contribution in [2.24, 2.45) is 4.99 Å². The lowest BCUT2D eigenvalue weighted by molar-refractivity contribution is 0.0564. The Balaban J connectivity index is 1.42. The summed E-state index contributed by atoms with van der Waals surface area (Å²) >= 11 is 9.13. The van der Waals surface area contributed by atoms with E-state index in [0.29, 0.717) is 37.4 Å². The van der Waals surface area contributed by atoms with Crippen LogP contribution in [0, 0.1) is 5.82 Å². The van der Waals surface area contributed by atoms with Crippen LogP contribution in [0.4, 0.5) is 13.2 Å². The Bertz CT molecular complexity index is 1730. The molecule has 0 aliphatic carbocycles. The molecule has 2 aliphatic heterocycles. The zero-order valence-corrected chi connectivity index (χ0v) is 24.0. The van der Waals surface area contributed by atoms with Gasteiger partial charge in [0.05, 0.1) is 12.2 Å². The summed E-state index contributed by atoms with van der Waals surface area (Å²) in [5, 5.41) is 8.88. The smallest absolute Gasteiger partial charge is 0.326 e. The van der Waals surface area contributed by atoms with Gasteiger partial charge >= 0.3 is 6.55 Å². The van der Waals surface area contributed by atoms with Crippen molar-refractivity contribution in [3.8, 4) is 0 Å². The summed E-state index contributed by atoms with van der Waals surface area (Å²) < 4.78 is 72.5. The first-order valence-corrected chi connectivity index (χ1v) is 15.7.